The highest BCUT2D eigenvalue weighted by Gasteiger charge is 2.08. The van der Waals surface area contributed by atoms with E-state index in [1.807, 2.05) is 6.20 Å². The molecule has 124 valence electrons. The van der Waals surface area contributed by atoms with Crippen LogP contribution in [0.1, 0.15) is 48.5 Å². The Hall–Kier alpha value is -2.62. The van der Waals surface area contributed by atoms with Gasteiger partial charge in [-0.2, -0.15) is 0 Å². The molecule has 4 heteroatoms. The minimum absolute atomic E-state index is 0.258. The molecule has 0 aliphatic rings. The van der Waals surface area contributed by atoms with E-state index >= 15 is 0 Å². The molecule has 0 saturated heterocycles. The van der Waals surface area contributed by atoms with Crippen molar-refractivity contribution < 1.29 is 9.90 Å². The second-order valence-electron chi connectivity index (χ2n) is 6.12. The average molecular weight is 322 g/mol. The lowest BCUT2D eigenvalue weighted by Gasteiger charge is -2.02. The first-order valence-electron chi connectivity index (χ1n) is 8.49. The van der Waals surface area contributed by atoms with Gasteiger partial charge in [0, 0.05) is 18.0 Å². The molecule has 0 unspecified atom stereocenters. The number of hydrogen-bond acceptors (Lipinski definition) is 2. The summed E-state index contributed by atoms with van der Waals surface area (Å²) in [5, 5.41) is 9.07. The fourth-order valence-electron chi connectivity index (χ4n) is 2.86. The molecule has 0 bridgehead atoms. The molecular formula is C20H22N2O2. The molecule has 2 heterocycles. The summed E-state index contributed by atoms with van der Waals surface area (Å²) in [6.07, 6.45) is 9.67. The highest BCUT2D eigenvalue weighted by Crippen LogP contribution is 2.21. The molecule has 0 saturated carbocycles. The van der Waals surface area contributed by atoms with Crippen molar-refractivity contribution in [3.05, 3.63) is 59.9 Å². The maximum absolute atomic E-state index is 11.1. The first-order valence-corrected chi connectivity index (χ1v) is 8.49. The van der Waals surface area contributed by atoms with Gasteiger partial charge in [-0.15, -0.1) is 0 Å². The lowest BCUT2D eigenvalue weighted by atomic mass is 10.0. The molecular weight excluding hydrogens is 300 g/mol. The predicted octanol–water partition coefficient (Wildman–Crippen LogP) is 4.82. The number of unbranched alkanes of at least 4 members (excludes halogenated alkanes) is 3. The number of hydrogen-bond donors (Lipinski definition) is 1. The van der Waals surface area contributed by atoms with Crippen LogP contribution in [0.5, 0.6) is 0 Å². The summed E-state index contributed by atoms with van der Waals surface area (Å²) < 4.78 is 1.76. The molecule has 0 aliphatic heterocycles. The van der Waals surface area contributed by atoms with Crippen molar-refractivity contribution in [1.29, 1.82) is 0 Å². The Kier molecular flexibility index (Phi) is 4.94. The number of benzene rings is 1. The van der Waals surface area contributed by atoms with Gasteiger partial charge in [0.2, 0.25) is 0 Å². The number of rotatable bonds is 7. The number of carbonyl (C=O) groups is 1. The van der Waals surface area contributed by atoms with Crippen LogP contribution in [-0.2, 0) is 6.42 Å². The third kappa shape index (κ3) is 3.65. The fraction of sp³-hybridized carbons (Fsp3) is 0.300. The molecule has 1 aromatic carbocycles. The van der Waals surface area contributed by atoms with Crippen LogP contribution in [0.2, 0.25) is 0 Å². The van der Waals surface area contributed by atoms with Gasteiger partial charge in [0.1, 0.15) is 5.65 Å². The van der Waals surface area contributed by atoms with Crippen molar-refractivity contribution >= 4 is 11.6 Å². The Morgan fingerprint density at radius 1 is 1.04 bits per heavy atom. The topological polar surface area (TPSA) is 54.6 Å². The van der Waals surface area contributed by atoms with E-state index in [1.54, 1.807) is 22.7 Å². The molecule has 4 nitrogen and oxygen atoms in total. The normalized spacial score (nSPS) is 11.0. The smallest absolute Gasteiger partial charge is 0.337 e. The van der Waals surface area contributed by atoms with E-state index in [0.717, 1.165) is 23.3 Å². The second-order valence-corrected chi connectivity index (χ2v) is 6.12. The average Bonchev–Trinajstić information content (AvgIpc) is 3.02. The van der Waals surface area contributed by atoms with E-state index < -0.39 is 5.97 Å². The minimum Gasteiger partial charge on any atom is -0.478 e. The summed E-state index contributed by atoms with van der Waals surface area (Å²) >= 11 is 0. The SMILES string of the molecule is CCCCCCc1ccc(-c2cn3cc(C(=O)O)ccc3n2)cc1. The number of imidazole rings is 1. The van der Waals surface area contributed by atoms with Crippen molar-refractivity contribution in [2.24, 2.45) is 0 Å². The molecule has 3 aromatic rings. The van der Waals surface area contributed by atoms with E-state index in [0.29, 0.717) is 0 Å². The summed E-state index contributed by atoms with van der Waals surface area (Å²) in [7, 11) is 0. The molecule has 0 spiro atoms. The van der Waals surface area contributed by atoms with Gasteiger partial charge >= 0.3 is 5.97 Å². The first kappa shape index (κ1) is 16.2. The number of carboxylic acids is 1. The highest BCUT2D eigenvalue weighted by atomic mass is 16.4. The summed E-state index contributed by atoms with van der Waals surface area (Å²) in [5.41, 5.74) is 4.27. The van der Waals surface area contributed by atoms with Crippen molar-refractivity contribution in [3.8, 4) is 11.3 Å². The van der Waals surface area contributed by atoms with Crippen LogP contribution in [-0.4, -0.2) is 20.5 Å². The van der Waals surface area contributed by atoms with Gasteiger partial charge in [0.25, 0.3) is 0 Å². The molecule has 24 heavy (non-hydrogen) atoms. The molecule has 0 fully saturated rings. The van der Waals surface area contributed by atoms with Crippen molar-refractivity contribution in [2.45, 2.75) is 39.0 Å². The largest absolute Gasteiger partial charge is 0.478 e. The zero-order chi connectivity index (χ0) is 16.9. The van der Waals surface area contributed by atoms with Crippen molar-refractivity contribution in [2.75, 3.05) is 0 Å². The number of aromatic nitrogens is 2. The Morgan fingerprint density at radius 3 is 2.54 bits per heavy atom. The molecule has 1 N–H and O–H groups in total. The summed E-state index contributed by atoms with van der Waals surface area (Å²) in [6.45, 7) is 2.23. The Labute approximate surface area is 141 Å². The Bertz CT molecular complexity index is 834. The number of aromatic carboxylic acids is 1. The lowest BCUT2D eigenvalue weighted by Crippen LogP contribution is -1.97. The quantitative estimate of drug-likeness (QED) is 0.634. The Morgan fingerprint density at radius 2 is 1.83 bits per heavy atom. The highest BCUT2D eigenvalue weighted by molar-refractivity contribution is 5.87. The van der Waals surface area contributed by atoms with Crippen LogP contribution in [0, 0.1) is 0 Å². The number of fused-ring (bicyclic) bond motifs is 1. The van der Waals surface area contributed by atoms with E-state index in [1.165, 1.54) is 31.2 Å². The van der Waals surface area contributed by atoms with Crippen LogP contribution in [0.25, 0.3) is 16.9 Å². The van der Waals surface area contributed by atoms with Gasteiger partial charge in [-0.05, 0) is 30.5 Å². The van der Waals surface area contributed by atoms with Crippen LogP contribution < -0.4 is 0 Å². The lowest BCUT2D eigenvalue weighted by molar-refractivity contribution is 0.0696. The van der Waals surface area contributed by atoms with Crippen LogP contribution in [0.3, 0.4) is 0 Å². The maximum Gasteiger partial charge on any atom is 0.337 e. The van der Waals surface area contributed by atoms with Crippen LogP contribution in [0.4, 0.5) is 0 Å². The zero-order valence-corrected chi connectivity index (χ0v) is 13.9. The minimum atomic E-state index is -0.931. The first-order chi connectivity index (χ1) is 11.7. The van der Waals surface area contributed by atoms with Gasteiger partial charge in [-0.25, -0.2) is 9.78 Å². The molecule has 0 radical (unpaired) electrons. The van der Waals surface area contributed by atoms with E-state index in [2.05, 4.69) is 36.2 Å². The molecule has 3 rings (SSSR count). The number of nitrogens with zero attached hydrogens (tertiary/aromatic N) is 2. The van der Waals surface area contributed by atoms with Gasteiger partial charge in [0.15, 0.2) is 0 Å². The number of pyridine rings is 1. The van der Waals surface area contributed by atoms with E-state index in [9.17, 15) is 4.79 Å². The monoisotopic (exact) mass is 322 g/mol. The standard InChI is InChI=1S/C20H22N2O2/c1-2-3-4-5-6-15-7-9-16(10-8-15)18-14-22-13-17(20(23)24)11-12-19(22)21-18/h7-14H,2-6H2,1H3,(H,23,24). The van der Waals surface area contributed by atoms with Crippen LogP contribution >= 0.6 is 0 Å². The summed E-state index contributed by atoms with van der Waals surface area (Å²) in [5.74, 6) is -0.931. The molecule has 0 aliphatic carbocycles. The molecule has 2 aromatic heterocycles. The van der Waals surface area contributed by atoms with Crippen molar-refractivity contribution in [3.63, 3.8) is 0 Å². The predicted molar refractivity (Wildman–Crippen MR) is 95.4 cm³/mol. The third-order valence-electron chi connectivity index (χ3n) is 4.27. The van der Waals surface area contributed by atoms with Gasteiger partial charge < -0.3 is 9.51 Å². The van der Waals surface area contributed by atoms with E-state index in [-0.39, 0.29) is 5.56 Å². The number of carboxylic acid groups (broad SMARTS) is 1. The van der Waals surface area contributed by atoms with E-state index in [4.69, 9.17) is 5.11 Å². The summed E-state index contributed by atoms with van der Waals surface area (Å²) in [4.78, 5) is 15.6. The zero-order valence-electron chi connectivity index (χ0n) is 13.9. The maximum atomic E-state index is 11.1. The number of aryl methyl sites for hydroxylation is 1. The van der Waals surface area contributed by atoms with Gasteiger partial charge in [-0.1, -0.05) is 50.5 Å². The second kappa shape index (κ2) is 7.30. The van der Waals surface area contributed by atoms with Gasteiger partial charge in [0.05, 0.1) is 11.3 Å². The molecule has 0 atom stereocenters. The van der Waals surface area contributed by atoms with Gasteiger partial charge in [-0.3, -0.25) is 0 Å². The Balaban J connectivity index is 1.76. The summed E-state index contributed by atoms with van der Waals surface area (Å²) in [6, 6.07) is 11.8. The van der Waals surface area contributed by atoms with Crippen molar-refractivity contribution in [1.82, 2.24) is 9.38 Å². The third-order valence-corrected chi connectivity index (χ3v) is 4.27. The fourth-order valence-corrected chi connectivity index (χ4v) is 2.86. The molecule has 0 amide bonds. The van der Waals surface area contributed by atoms with Crippen LogP contribution in [0.15, 0.2) is 48.8 Å².